The molecule has 2 fully saturated rings. The zero-order valence-electron chi connectivity index (χ0n) is 12.3. The molecule has 1 aromatic carbocycles. The summed E-state index contributed by atoms with van der Waals surface area (Å²) < 4.78 is 0. The molecule has 20 heavy (non-hydrogen) atoms. The molecule has 4 rings (SSSR count). The van der Waals surface area contributed by atoms with Gasteiger partial charge in [-0.15, -0.1) is 0 Å². The number of hydrogen-bond acceptors (Lipinski definition) is 2. The van der Waals surface area contributed by atoms with E-state index in [-0.39, 0.29) is 0 Å². The molecule has 0 radical (unpaired) electrons. The van der Waals surface area contributed by atoms with E-state index in [0.717, 1.165) is 29.0 Å². The second kappa shape index (κ2) is 4.56. The molecule has 104 valence electrons. The summed E-state index contributed by atoms with van der Waals surface area (Å²) in [6, 6.07) is 11.6. The molecule has 2 aromatic rings. The molecule has 2 aliphatic carbocycles. The van der Waals surface area contributed by atoms with E-state index in [1.165, 1.54) is 30.2 Å². The van der Waals surface area contributed by atoms with Crippen LogP contribution in [0.3, 0.4) is 0 Å². The SMILES string of the molecule is CNC(c1ccc2nc(C)ccc2c1)C1CC2CC2C1. The van der Waals surface area contributed by atoms with Gasteiger partial charge in [0.05, 0.1) is 5.52 Å². The Labute approximate surface area is 120 Å². The third kappa shape index (κ3) is 2.03. The summed E-state index contributed by atoms with van der Waals surface area (Å²) in [4.78, 5) is 4.60. The summed E-state index contributed by atoms with van der Waals surface area (Å²) in [7, 11) is 2.10. The van der Waals surface area contributed by atoms with Crippen molar-refractivity contribution in [1.82, 2.24) is 10.3 Å². The lowest BCUT2D eigenvalue weighted by molar-refractivity contribution is 0.360. The average molecular weight is 266 g/mol. The quantitative estimate of drug-likeness (QED) is 0.912. The Hall–Kier alpha value is -1.41. The second-order valence-corrected chi connectivity index (χ2v) is 6.66. The Kier molecular flexibility index (Phi) is 2.81. The van der Waals surface area contributed by atoms with Gasteiger partial charge in [-0.25, -0.2) is 0 Å². The Morgan fingerprint density at radius 3 is 2.65 bits per heavy atom. The summed E-state index contributed by atoms with van der Waals surface area (Å²) in [6.45, 7) is 2.05. The van der Waals surface area contributed by atoms with E-state index >= 15 is 0 Å². The summed E-state index contributed by atoms with van der Waals surface area (Å²) in [5.41, 5.74) is 3.63. The number of rotatable bonds is 3. The molecule has 0 spiro atoms. The van der Waals surface area contributed by atoms with Gasteiger partial charge >= 0.3 is 0 Å². The van der Waals surface area contributed by atoms with Crippen molar-refractivity contribution in [3.63, 3.8) is 0 Å². The van der Waals surface area contributed by atoms with Crippen molar-refractivity contribution in [3.05, 3.63) is 41.6 Å². The highest BCUT2D eigenvalue weighted by Crippen LogP contribution is 2.57. The lowest BCUT2D eigenvalue weighted by Gasteiger charge is -2.25. The lowest BCUT2D eigenvalue weighted by atomic mass is 9.88. The molecule has 3 atom stereocenters. The predicted molar refractivity (Wildman–Crippen MR) is 82.6 cm³/mol. The molecule has 2 aliphatic rings. The molecule has 1 aromatic heterocycles. The summed E-state index contributed by atoms with van der Waals surface area (Å²) in [5, 5.41) is 4.82. The van der Waals surface area contributed by atoms with Gasteiger partial charge in [-0.2, -0.15) is 0 Å². The minimum atomic E-state index is 0.508. The zero-order chi connectivity index (χ0) is 13.7. The van der Waals surface area contributed by atoms with Crippen LogP contribution in [-0.4, -0.2) is 12.0 Å². The van der Waals surface area contributed by atoms with Crippen molar-refractivity contribution in [2.24, 2.45) is 17.8 Å². The summed E-state index contributed by atoms with van der Waals surface area (Å²) in [6.07, 6.45) is 4.33. The normalized spacial score (nSPS) is 29.4. The van der Waals surface area contributed by atoms with E-state index in [0.29, 0.717) is 6.04 Å². The van der Waals surface area contributed by atoms with Gasteiger partial charge in [-0.1, -0.05) is 12.1 Å². The van der Waals surface area contributed by atoms with Gasteiger partial charge in [0.15, 0.2) is 0 Å². The number of benzene rings is 1. The van der Waals surface area contributed by atoms with Crippen LogP contribution in [0.15, 0.2) is 30.3 Å². The number of aromatic nitrogens is 1. The van der Waals surface area contributed by atoms with E-state index in [2.05, 4.69) is 54.6 Å². The number of pyridine rings is 1. The molecular weight excluding hydrogens is 244 g/mol. The van der Waals surface area contributed by atoms with Crippen molar-refractivity contribution in [2.45, 2.75) is 32.2 Å². The van der Waals surface area contributed by atoms with Crippen LogP contribution in [-0.2, 0) is 0 Å². The number of nitrogens with zero attached hydrogens (tertiary/aromatic N) is 1. The van der Waals surface area contributed by atoms with Crippen LogP contribution < -0.4 is 5.32 Å². The minimum Gasteiger partial charge on any atom is -0.313 e. The molecular formula is C18H22N2. The van der Waals surface area contributed by atoms with Crippen LogP contribution in [0.4, 0.5) is 0 Å². The van der Waals surface area contributed by atoms with Gasteiger partial charge in [-0.3, -0.25) is 4.98 Å². The first kappa shape index (κ1) is 12.3. The first-order valence-electron chi connectivity index (χ1n) is 7.79. The van der Waals surface area contributed by atoms with Crippen LogP contribution in [0.25, 0.3) is 10.9 Å². The molecule has 0 saturated heterocycles. The largest absolute Gasteiger partial charge is 0.313 e. The maximum atomic E-state index is 4.60. The van der Waals surface area contributed by atoms with E-state index in [1.807, 2.05) is 0 Å². The van der Waals surface area contributed by atoms with Gasteiger partial charge in [-0.05, 0) is 74.8 Å². The fourth-order valence-electron chi connectivity index (χ4n) is 4.15. The fourth-order valence-corrected chi connectivity index (χ4v) is 4.15. The third-order valence-electron chi connectivity index (χ3n) is 5.27. The molecule has 0 aliphatic heterocycles. The van der Waals surface area contributed by atoms with Crippen molar-refractivity contribution in [1.29, 1.82) is 0 Å². The van der Waals surface area contributed by atoms with Crippen molar-refractivity contribution >= 4 is 10.9 Å². The van der Waals surface area contributed by atoms with E-state index in [1.54, 1.807) is 0 Å². The maximum Gasteiger partial charge on any atom is 0.0705 e. The summed E-state index contributed by atoms with van der Waals surface area (Å²) in [5.74, 6) is 2.90. The van der Waals surface area contributed by atoms with E-state index in [4.69, 9.17) is 0 Å². The molecule has 1 N–H and O–H groups in total. The third-order valence-corrected chi connectivity index (χ3v) is 5.27. The highest BCUT2D eigenvalue weighted by atomic mass is 14.9. The monoisotopic (exact) mass is 266 g/mol. The second-order valence-electron chi connectivity index (χ2n) is 6.66. The van der Waals surface area contributed by atoms with Gasteiger partial charge in [0, 0.05) is 17.1 Å². The maximum absolute atomic E-state index is 4.60. The lowest BCUT2D eigenvalue weighted by Crippen LogP contribution is -2.24. The number of hydrogen-bond donors (Lipinski definition) is 1. The predicted octanol–water partition coefficient (Wildman–Crippen LogP) is 3.85. The van der Waals surface area contributed by atoms with Crippen molar-refractivity contribution in [2.75, 3.05) is 7.05 Å². The Morgan fingerprint density at radius 2 is 1.90 bits per heavy atom. The molecule has 2 saturated carbocycles. The number of nitrogens with one attached hydrogen (secondary N) is 1. The molecule has 2 nitrogen and oxygen atoms in total. The van der Waals surface area contributed by atoms with Gasteiger partial charge in [0.2, 0.25) is 0 Å². The van der Waals surface area contributed by atoms with Gasteiger partial charge < -0.3 is 5.32 Å². The highest BCUT2D eigenvalue weighted by molar-refractivity contribution is 5.79. The van der Waals surface area contributed by atoms with Crippen LogP contribution >= 0.6 is 0 Å². The first-order valence-corrected chi connectivity index (χ1v) is 7.79. The first-order chi connectivity index (χ1) is 9.74. The van der Waals surface area contributed by atoms with Crippen LogP contribution in [0.1, 0.15) is 36.6 Å². The van der Waals surface area contributed by atoms with Crippen molar-refractivity contribution in [3.8, 4) is 0 Å². The van der Waals surface area contributed by atoms with Gasteiger partial charge in [0.25, 0.3) is 0 Å². The number of fused-ring (bicyclic) bond motifs is 2. The Bertz CT molecular complexity index is 639. The van der Waals surface area contributed by atoms with Crippen molar-refractivity contribution < 1.29 is 0 Å². The topological polar surface area (TPSA) is 24.9 Å². The Morgan fingerprint density at radius 1 is 1.10 bits per heavy atom. The fraction of sp³-hybridized carbons (Fsp3) is 0.500. The van der Waals surface area contributed by atoms with E-state index < -0.39 is 0 Å². The Balaban J connectivity index is 1.67. The molecule has 1 heterocycles. The average Bonchev–Trinajstić information content (AvgIpc) is 3.06. The van der Waals surface area contributed by atoms with Crippen LogP contribution in [0, 0.1) is 24.7 Å². The standard InChI is InChI=1S/C18H22N2/c1-11-3-4-12-7-13(5-6-17(12)20-11)18(19-2)16-9-14-8-15(14)10-16/h3-7,14-16,18-19H,8-10H2,1-2H3. The van der Waals surface area contributed by atoms with Crippen LogP contribution in [0.5, 0.6) is 0 Å². The molecule has 3 unspecified atom stereocenters. The van der Waals surface area contributed by atoms with E-state index in [9.17, 15) is 0 Å². The zero-order valence-corrected chi connectivity index (χ0v) is 12.3. The molecule has 0 bridgehead atoms. The van der Waals surface area contributed by atoms with Crippen LogP contribution in [0.2, 0.25) is 0 Å². The van der Waals surface area contributed by atoms with Gasteiger partial charge in [0.1, 0.15) is 0 Å². The highest BCUT2D eigenvalue weighted by Gasteiger charge is 2.47. The minimum absolute atomic E-state index is 0.508. The molecule has 0 amide bonds. The smallest absolute Gasteiger partial charge is 0.0705 e. The number of aryl methyl sites for hydroxylation is 1. The molecule has 2 heteroatoms. The summed E-state index contributed by atoms with van der Waals surface area (Å²) >= 11 is 0.